The van der Waals surface area contributed by atoms with Gasteiger partial charge < -0.3 is 14.4 Å². The lowest BCUT2D eigenvalue weighted by Gasteiger charge is -2.41. The Labute approximate surface area is 147 Å². The maximum Gasteiger partial charge on any atom is 0.257 e. The van der Waals surface area contributed by atoms with E-state index in [0.29, 0.717) is 25.3 Å². The third kappa shape index (κ3) is 4.14. The van der Waals surface area contributed by atoms with E-state index in [0.717, 1.165) is 18.6 Å². The number of aryl methyl sites for hydroxylation is 1. The lowest BCUT2D eigenvalue weighted by molar-refractivity contribution is -0.0825. The molecule has 1 unspecified atom stereocenters. The van der Waals surface area contributed by atoms with Crippen LogP contribution in [0.3, 0.4) is 0 Å². The topological polar surface area (TPSA) is 64.6 Å². The summed E-state index contributed by atoms with van der Waals surface area (Å²) in [6, 6.07) is 7.93. The molecule has 0 spiro atoms. The fraction of sp³-hybridized carbons (Fsp3) is 0.421. The third-order valence-corrected chi connectivity index (χ3v) is 4.59. The number of hydrogen-bond donors (Lipinski definition) is 0. The van der Waals surface area contributed by atoms with Crippen LogP contribution >= 0.6 is 0 Å². The number of aromatic nitrogens is 2. The minimum atomic E-state index is -0.506. The first-order valence-electron chi connectivity index (χ1n) is 8.41. The fourth-order valence-corrected chi connectivity index (χ4v) is 3.06. The first-order chi connectivity index (χ1) is 12.1. The third-order valence-electron chi connectivity index (χ3n) is 4.59. The van der Waals surface area contributed by atoms with Gasteiger partial charge in [0, 0.05) is 26.0 Å². The molecule has 1 fully saturated rings. The van der Waals surface area contributed by atoms with Crippen molar-refractivity contribution in [1.82, 2.24) is 14.9 Å². The van der Waals surface area contributed by atoms with Crippen molar-refractivity contribution >= 4 is 5.91 Å². The van der Waals surface area contributed by atoms with E-state index in [9.17, 15) is 4.79 Å². The molecule has 1 saturated heterocycles. The van der Waals surface area contributed by atoms with Crippen molar-refractivity contribution in [3.05, 3.63) is 54.1 Å². The highest BCUT2D eigenvalue weighted by atomic mass is 16.5. The number of likely N-dealkylation sites (tertiary alicyclic amines) is 1. The summed E-state index contributed by atoms with van der Waals surface area (Å²) in [6.07, 6.45) is 6.22. The minimum Gasteiger partial charge on any atom is -0.491 e. The molecule has 6 heteroatoms. The highest BCUT2D eigenvalue weighted by Gasteiger charge is 2.38. The van der Waals surface area contributed by atoms with Gasteiger partial charge in [-0.15, -0.1) is 0 Å². The summed E-state index contributed by atoms with van der Waals surface area (Å²) in [5.41, 5.74) is 1.18. The fourth-order valence-electron chi connectivity index (χ4n) is 3.06. The molecule has 0 radical (unpaired) electrons. The maximum atomic E-state index is 12.7. The molecule has 1 amide bonds. The molecule has 1 aromatic heterocycles. The van der Waals surface area contributed by atoms with E-state index in [1.165, 1.54) is 11.9 Å². The minimum absolute atomic E-state index is 0.0722. The van der Waals surface area contributed by atoms with Crippen LogP contribution in [0.4, 0.5) is 0 Å². The van der Waals surface area contributed by atoms with Gasteiger partial charge in [-0.3, -0.25) is 4.79 Å². The number of ether oxygens (including phenoxy) is 2. The lowest BCUT2D eigenvalue weighted by atomic mass is 9.93. The number of benzene rings is 1. The summed E-state index contributed by atoms with van der Waals surface area (Å²) >= 11 is 0. The maximum absolute atomic E-state index is 12.7. The molecule has 1 aliphatic heterocycles. The van der Waals surface area contributed by atoms with Crippen molar-refractivity contribution in [3.8, 4) is 5.75 Å². The molecule has 2 heterocycles. The number of nitrogens with zero attached hydrogens (tertiary/aromatic N) is 3. The average Bonchev–Trinajstić information content (AvgIpc) is 2.68. The van der Waals surface area contributed by atoms with E-state index in [-0.39, 0.29) is 5.91 Å². The van der Waals surface area contributed by atoms with E-state index < -0.39 is 5.60 Å². The van der Waals surface area contributed by atoms with Crippen LogP contribution in [0.1, 0.15) is 28.8 Å². The van der Waals surface area contributed by atoms with E-state index in [1.54, 1.807) is 24.4 Å². The first-order valence-corrected chi connectivity index (χ1v) is 8.41. The quantitative estimate of drug-likeness (QED) is 0.836. The molecule has 0 N–H and O–H groups in total. The molecule has 2 aromatic rings. The SMILES string of the molecule is COC1(COc2ccc(C)cc2)CCCN(C(=O)c2cncnc2)C1. The van der Waals surface area contributed by atoms with Crippen LogP contribution in [-0.4, -0.2) is 53.2 Å². The molecule has 0 bridgehead atoms. The summed E-state index contributed by atoms with van der Waals surface area (Å²) < 4.78 is 11.7. The van der Waals surface area contributed by atoms with Gasteiger partial charge in [-0.05, 0) is 31.9 Å². The molecule has 0 aliphatic carbocycles. The predicted octanol–water partition coefficient (Wildman–Crippen LogP) is 2.49. The summed E-state index contributed by atoms with van der Waals surface area (Å²) in [7, 11) is 1.68. The molecule has 132 valence electrons. The zero-order valence-electron chi connectivity index (χ0n) is 14.6. The standard InChI is InChI=1S/C19H23N3O3/c1-15-4-6-17(7-5-15)25-13-19(24-2)8-3-9-22(12-19)18(23)16-10-20-14-21-11-16/h4-7,10-11,14H,3,8-9,12-13H2,1-2H3. The second kappa shape index (κ2) is 7.61. The first kappa shape index (κ1) is 17.4. The van der Waals surface area contributed by atoms with Gasteiger partial charge in [0.05, 0.1) is 12.1 Å². The average molecular weight is 341 g/mol. The Kier molecular flexibility index (Phi) is 5.28. The van der Waals surface area contributed by atoms with Crippen LogP contribution in [0.2, 0.25) is 0 Å². The summed E-state index contributed by atoms with van der Waals surface area (Å²) in [6.45, 7) is 3.63. The van der Waals surface area contributed by atoms with Gasteiger partial charge in [0.1, 0.15) is 24.3 Å². The van der Waals surface area contributed by atoms with Gasteiger partial charge in [-0.2, -0.15) is 0 Å². The van der Waals surface area contributed by atoms with Gasteiger partial charge in [-0.25, -0.2) is 9.97 Å². The van der Waals surface area contributed by atoms with Crippen molar-refractivity contribution in [2.24, 2.45) is 0 Å². The Morgan fingerprint density at radius 1 is 1.24 bits per heavy atom. The molecular weight excluding hydrogens is 318 g/mol. The van der Waals surface area contributed by atoms with Gasteiger partial charge in [-0.1, -0.05) is 17.7 Å². The normalized spacial score (nSPS) is 20.3. The number of methoxy groups -OCH3 is 1. The molecule has 0 saturated carbocycles. The van der Waals surface area contributed by atoms with Crippen molar-refractivity contribution in [3.63, 3.8) is 0 Å². The number of piperidine rings is 1. The molecule has 6 nitrogen and oxygen atoms in total. The second-order valence-corrected chi connectivity index (χ2v) is 6.45. The van der Waals surface area contributed by atoms with Crippen molar-refractivity contribution in [2.45, 2.75) is 25.4 Å². The smallest absolute Gasteiger partial charge is 0.257 e. The molecule has 25 heavy (non-hydrogen) atoms. The number of carbonyl (C=O) groups excluding carboxylic acids is 1. The van der Waals surface area contributed by atoms with E-state index in [2.05, 4.69) is 9.97 Å². The Balaban J connectivity index is 1.68. The molecular formula is C19H23N3O3. The second-order valence-electron chi connectivity index (χ2n) is 6.45. The van der Waals surface area contributed by atoms with E-state index in [1.807, 2.05) is 31.2 Å². The Morgan fingerprint density at radius 2 is 1.96 bits per heavy atom. The molecule has 1 aliphatic rings. The monoisotopic (exact) mass is 341 g/mol. The van der Waals surface area contributed by atoms with Crippen LogP contribution in [0.5, 0.6) is 5.75 Å². The van der Waals surface area contributed by atoms with Crippen LogP contribution in [0, 0.1) is 6.92 Å². The van der Waals surface area contributed by atoms with Crippen molar-refractivity contribution in [2.75, 3.05) is 26.8 Å². The highest BCUT2D eigenvalue weighted by molar-refractivity contribution is 5.93. The van der Waals surface area contributed by atoms with Gasteiger partial charge in [0.25, 0.3) is 5.91 Å². The highest BCUT2D eigenvalue weighted by Crippen LogP contribution is 2.27. The van der Waals surface area contributed by atoms with Gasteiger partial charge in [0.15, 0.2) is 0 Å². The Bertz CT molecular complexity index is 706. The van der Waals surface area contributed by atoms with Crippen LogP contribution in [0.25, 0.3) is 0 Å². The van der Waals surface area contributed by atoms with Gasteiger partial charge >= 0.3 is 0 Å². The zero-order chi connectivity index (χ0) is 17.7. The molecule has 1 atom stereocenters. The molecule has 1 aromatic carbocycles. The number of carbonyl (C=O) groups is 1. The van der Waals surface area contributed by atoms with E-state index >= 15 is 0 Å². The summed E-state index contributed by atoms with van der Waals surface area (Å²) in [5, 5.41) is 0. The number of hydrogen-bond acceptors (Lipinski definition) is 5. The Hall–Kier alpha value is -2.47. The van der Waals surface area contributed by atoms with Gasteiger partial charge in [0.2, 0.25) is 0 Å². The van der Waals surface area contributed by atoms with Crippen LogP contribution in [0.15, 0.2) is 43.0 Å². The largest absolute Gasteiger partial charge is 0.491 e. The van der Waals surface area contributed by atoms with Crippen molar-refractivity contribution in [1.29, 1.82) is 0 Å². The zero-order valence-corrected chi connectivity index (χ0v) is 14.6. The number of amides is 1. The Morgan fingerprint density at radius 3 is 2.64 bits per heavy atom. The van der Waals surface area contributed by atoms with Crippen LogP contribution < -0.4 is 4.74 Å². The number of rotatable bonds is 5. The van der Waals surface area contributed by atoms with E-state index in [4.69, 9.17) is 9.47 Å². The summed E-state index contributed by atoms with van der Waals surface area (Å²) in [5.74, 6) is 0.735. The predicted molar refractivity (Wildman–Crippen MR) is 93.6 cm³/mol. The lowest BCUT2D eigenvalue weighted by Crippen LogP contribution is -2.54. The molecule has 3 rings (SSSR count). The van der Waals surface area contributed by atoms with Crippen LogP contribution in [-0.2, 0) is 4.74 Å². The summed E-state index contributed by atoms with van der Waals surface area (Å²) in [4.78, 5) is 22.3. The van der Waals surface area contributed by atoms with Crippen molar-refractivity contribution < 1.29 is 14.3 Å².